The molecular weight excluding hydrogens is 304 g/mol. The van der Waals surface area contributed by atoms with E-state index in [4.69, 9.17) is 9.47 Å². The van der Waals surface area contributed by atoms with Gasteiger partial charge in [0, 0.05) is 12.8 Å². The monoisotopic (exact) mass is 324 g/mol. The predicted octanol–water partition coefficient (Wildman–Crippen LogP) is 3.66. The summed E-state index contributed by atoms with van der Waals surface area (Å²) in [7, 11) is 1.64. The third-order valence-corrected chi connectivity index (χ3v) is 3.77. The number of hydrogen-bond donors (Lipinski definition) is 0. The number of carbonyl (C=O) groups is 1. The molecule has 0 spiro atoms. The topological polar surface area (TPSA) is 53.4 Å². The lowest BCUT2D eigenvalue weighted by molar-refractivity contribution is 0.0526. The molecule has 2 aromatic carbocycles. The van der Waals surface area contributed by atoms with Crippen molar-refractivity contribution in [2.75, 3.05) is 13.7 Å². The maximum atomic E-state index is 12.0. The summed E-state index contributed by atoms with van der Waals surface area (Å²) in [6.45, 7) is 4.57. The van der Waals surface area contributed by atoms with Gasteiger partial charge in [-0.25, -0.2) is 9.78 Å². The molecule has 3 aromatic rings. The second-order valence-corrected chi connectivity index (χ2v) is 5.56. The number of ether oxygens (including phenoxy) is 2. The second kappa shape index (κ2) is 6.84. The minimum Gasteiger partial charge on any atom is -0.462 e. The van der Waals surface area contributed by atoms with E-state index in [0.29, 0.717) is 18.8 Å². The fourth-order valence-corrected chi connectivity index (χ4v) is 2.74. The van der Waals surface area contributed by atoms with Crippen LogP contribution in [-0.2, 0) is 16.1 Å². The number of carbonyl (C=O) groups excluding carboxylic acids is 1. The quantitative estimate of drug-likeness (QED) is 0.672. The molecule has 124 valence electrons. The number of aromatic nitrogens is 2. The lowest BCUT2D eigenvalue weighted by Crippen LogP contribution is -2.07. The van der Waals surface area contributed by atoms with Gasteiger partial charge in [0.1, 0.15) is 12.4 Å². The number of nitrogens with zero attached hydrogens (tertiary/aromatic N) is 2. The fourth-order valence-electron chi connectivity index (χ4n) is 2.74. The zero-order chi connectivity index (χ0) is 17.1. The molecule has 0 fully saturated rings. The largest absolute Gasteiger partial charge is 0.462 e. The molecule has 0 amide bonds. The lowest BCUT2D eigenvalue weighted by Gasteiger charge is -2.10. The Morgan fingerprint density at radius 3 is 2.79 bits per heavy atom. The van der Waals surface area contributed by atoms with Crippen LogP contribution in [-0.4, -0.2) is 29.2 Å². The summed E-state index contributed by atoms with van der Waals surface area (Å²) >= 11 is 0. The van der Waals surface area contributed by atoms with E-state index in [1.54, 1.807) is 20.1 Å². The number of aryl methyl sites for hydroxylation is 1. The molecule has 0 aliphatic carbocycles. The summed E-state index contributed by atoms with van der Waals surface area (Å²) in [5.41, 5.74) is 4.42. The van der Waals surface area contributed by atoms with Gasteiger partial charge in [-0.3, -0.25) is 4.57 Å². The lowest BCUT2D eigenvalue weighted by atomic mass is 10.2. The first-order valence-electron chi connectivity index (χ1n) is 7.88. The van der Waals surface area contributed by atoms with Crippen LogP contribution < -0.4 is 0 Å². The van der Waals surface area contributed by atoms with Crippen molar-refractivity contribution in [3.8, 4) is 5.69 Å². The molecule has 5 heteroatoms. The van der Waals surface area contributed by atoms with Crippen molar-refractivity contribution in [3.63, 3.8) is 0 Å². The van der Waals surface area contributed by atoms with Gasteiger partial charge in [0.05, 0.1) is 23.2 Å². The molecular formula is C19H20N2O3. The van der Waals surface area contributed by atoms with Gasteiger partial charge < -0.3 is 9.47 Å². The third kappa shape index (κ3) is 3.03. The van der Waals surface area contributed by atoms with Gasteiger partial charge in [-0.05, 0) is 49.7 Å². The van der Waals surface area contributed by atoms with Crippen molar-refractivity contribution in [2.45, 2.75) is 20.5 Å². The van der Waals surface area contributed by atoms with Crippen LogP contribution in [0, 0.1) is 6.92 Å². The SMILES string of the molecule is CCOC(=O)c1cccc(-n2c(COC)nc3cc(C)ccc32)c1. The molecule has 0 atom stereocenters. The second-order valence-electron chi connectivity index (χ2n) is 5.56. The molecule has 1 heterocycles. The van der Waals surface area contributed by atoms with Gasteiger partial charge in [-0.2, -0.15) is 0 Å². The summed E-state index contributed by atoms with van der Waals surface area (Å²) < 4.78 is 12.4. The van der Waals surface area contributed by atoms with Crippen molar-refractivity contribution in [3.05, 3.63) is 59.4 Å². The zero-order valence-electron chi connectivity index (χ0n) is 14.1. The maximum absolute atomic E-state index is 12.0. The first-order valence-corrected chi connectivity index (χ1v) is 7.88. The Kier molecular flexibility index (Phi) is 4.62. The van der Waals surface area contributed by atoms with Gasteiger partial charge in [0.15, 0.2) is 0 Å². The van der Waals surface area contributed by atoms with Crippen LogP contribution in [0.1, 0.15) is 28.7 Å². The van der Waals surface area contributed by atoms with Crippen molar-refractivity contribution >= 4 is 17.0 Å². The number of rotatable bonds is 5. The van der Waals surface area contributed by atoms with Crippen LogP contribution in [0.15, 0.2) is 42.5 Å². The maximum Gasteiger partial charge on any atom is 0.338 e. The summed E-state index contributed by atoms with van der Waals surface area (Å²) in [5.74, 6) is 0.465. The van der Waals surface area contributed by atoms with Crippen molar-refractivity contribution in [1.82, 2.24) is 9.55 Å². The Hall–Kier alpha value is -2.66. The molecule has 0 aliphatic rings. The van der Waals surface area contributed by atoms with E-state index in [0.717, 1.165) is 28.1 Å². The van der Waals surface area contributed by atoms with Crippen LogP contribution >= 0.6 is 0 Å². The first kappa shape index (κ1) is 16.2. The first-order chi connectivity index (χ1) is 11.6. The van der Waals surface area contributed by atoms with Crippen LogP contribution in [0.3, 0.4) is 0 Å². The molecule has 0 saturated heterocycles. The summed E-state index contributed by atoms with van der Waals surface area (Å²) in [5, 5.41) is 0. The van der Waals surface area contributed by atoms with Gasteiger partial charge in [-0.1, -0.05) is 12.1 Å². The van der Waals surface area contributed by atoms with E-state index < -0.39 is 0 Å². The standard InChI is InChI=1S/C19H20N2O3/c1-4-24-19(22)14-6-5-7-15(11-14)21-17-9-8-13(2)10-16(17)20-18(21)12-23-3/h5-11H,4,12H2,1-3H3. The fraction of sp³-hybridized carbons (Fsp3) is 0.263. The molecule has 0 radical (unpaired) electrons. The Morgan fingerprint density at radius 2 is 2.04 bits per heavy atom. The highest BCUT2D eigenvalue weighted by Gasteiger charge is 2.14. The van der Waals surface area contributed by atoms with E-state index in [2.05, 4.69) is 4.98 Å². The Bertz CT molecular complexity index is 883. The molecule has 3 rings (SSSR count). The zero-order valence-corrected chi connectivity index (χ0v) is 14.1. The number of esters is 1. The Morgan fingerprint density at radius 1 is 1.21 bits per heavy atom. The van der Waals surface area contributed by atoms with Gasteiger partial charge in [0.2, 0.25) is 0 Å². The van der Waals surface area contributed by atoms with E-state index in [1.807, 2.05) is 47.9 Å². The average molecular weight is 324 g/mol. The molecule has 0 saturated carbocycles. The molecule has 5 nitrogen and oxygen atoms in total. The minimum atomic E-state index is -0.326. The molecule has 0 aliphatic heterocycles. The number of imidazole rings is 1. The van der Waals surface area contributed by atoms with Crippen LogP contribution in [0.25, 0.3) is 16.7 Å². The van der Waals surface area contributed by atoms with Crippen LogP contribution in [0.2, 0.25) is 0 Å². The summed E-state index contributed by atoms with van der Waals surface area (Å²) in [6.07, 6.45) is 0. The van der Waals surface area contributed by atoms with E-state index in [-0.39, 0.29) is 5.97 Å². The molecule has 24 heavy (non-hydrogen) atoms. The summed E-state index contributed by atoms with van der Waals surface area (Å²) in [6, 6.07) is 13.5. The normalized spacial score (nSPS) is 11.0. The predicted molar refractivity (Wildman–Crippen MR) is 92.5 cm³/mol. The smallest absolute Gasteiger partial charge is 0.338 e. The van der Waals surface area contributed by atoms with Crippen molar-refractivity contribution in [1.29, 1.82) is 0 Å². The molecule has 0 N–H and O–H groups in total. The highest BCUT2D eigenvalue weighted by molar-refractivity contribution is 5.90. The highest BCUT2D eigenvalue weighted by Crippen LogP contribution is 2.24. The number of methoxy groups -OCH3 is 1. The van der Waals surface area contributed by atoms with Crippen molar-refractivity contribution in [2.24, 2.45) is 0 Å². The van der Waals surface area contributed by atoms with Gasteiger partial charge >= 0.3 is 5.97 Å². The van der Waals surface area contributed by atoms with Gasteiger partial charge in [-0.15, -0.1) is 0 Å². The number of hydrogen-bond acceptors (Lipinski definition) is 4. The van der Waals surface area contributed by atoms with E-state index in [9.17, 15) is 4.79 Å². The van der Waals surface area contributed by atoms with E-state index in [1.165, 1.54) is 0 Å². The van der Waals surface area contributed by atoms with Crippen molar-refractivity contribution < 1.29 is 14.3 Å². The van der Waals surface area contributed by atoms with Crippen LogP contribution in [0.4, 0.5) is 0 Å². The number of benzene rings is 2. The Labute approximate surface area is 140 Å². The molecule has 0 bridgehead atoms. The Balaban J connectivity index is 2.16. The number of fused-ring (bicyclic) bond motifs is 1. The molecule has 1 aromatic heterocycles. The van der Waals surface area contributed by atoms with Crippen LogP contribution in [0.5, 0.6) is 0 Å². The highest BCUT2D eigenvalue weighted by atomic mass is 16.5. The minimum absolute atomic E-state index is 0.326. The third-order valence-electron chi connectivity index (χ3n) is 3.77. The average Bonchev–Trinajstić information content (AvgIpc) is 2.92. The van der Waals surface area contributed by atoms with E-state index >= 15 is 0 Å². The summed E-state index contributed by atoms with van der Waals surface area (Å²) in [4.78, 5) is 16.7. The van der Waals surface area contributed by atoms with Gasteiger partial charge in [0.25, 0.3) is 0 Å². The molecule has 0 unspecified atom stereocenters.